The van der Waals surface area contributed by atoms with E-state index in [2.05, 4.69) is 17.2 Å². The normalized spacial score (nSPS) is 11.5. The number of hydrogen-bond acceptors (Lipinski definition) is 2. The molecular formula is C8H5ClF3NOS. The fraction of sp³-hybridized carbons (Fsp3) is 0.250. The van der Waals surface area contributed by atoms with Gasteiger partial charge in [-0.2, -0.15) is 13.2 Å². The van der Waals surface area contributed by atoms with Gasteiger partial charge in [0, 0.05) is 6.20 Å². The number of aromatic nitrogens is 1. The lowest BCUT2D eigenvalue weighted by atomic mass is 10.2. The Morgan fingerprint density at radius 2 is 2.13 bits per heavy atom. The van der Waals surface area contributed by atoms with Crippen LogP contribution < -0.4 is 0 Å². The van der Waals surface area contributed by atoms with Gasteiger partial charge < -0.3 is 5.11 Å². The van der Waals surface area contributed by atoms with E-state index in [1.807, 2.05) is 0 Å². The van der Waals surface area contributed by atoms with Crippen molar-refractivity contribution in [3.63, 3.8) is 0 Å². The van der Waals surface area contributed by atoms with Gasteiger partial charge in [0.15, 0.2) is 5.05 Å². The number of nitrogens with zero attached hydrogens (tertiary/aromatic N) is 1. The molecule has 0 spiro atoms. The molecule has 2 nitrogen and oxygen atoms in total. The molecular weight excluding hydrogens is 251 g/mol. The largest absolute Gasteiger partial charge is 0.502 e. The van der Waals surface area contributed by atoms with Gasteiger partial charge in [0.05, 0.1) is 22.7 Å². The molecule has 0 unspecified atom stereocenters. The van der Waals surface area contributed by atoms with Crippen LogP contribution in [0.3, 0.4) is 0 Å². The quantitative estimate of drug-likeness (QED) is 0.824. The van der Waals surface area contributed by atoms with E-state index >= 15 is 0 Å². The monoisotopic (exact) mass is 255 g/mol. The Bertz CT molecular complexity index is 394. The highest BCUT2D eigenvalue weighted by Crippen LogP contribution is 2.31. The highest BCUT2D eigenvalue weighted by molar-refractivity contribution is 7.80. The van der Waals surface area contributed by atoms with E-state index in [0.717, 1.165) is 6.07 Å². The summed E-state index contributed by atoms with van der Waals surface area (Å²) in [4.78, 5) is 3.49. The summed E-state index contributed by atoms with van der Waals surface area (Å²) in [6.45, 7) is 0. The number of alkyl halides is 3. The molecule has 0 saturated heterocycles. The molecule has 0 aliphatic heterocycles. The van der Waals surface area contributed by atoms with E-state index in [1.54, 1.807) is 0 Å². The van der Waals surface area contributed by atoms with Crippen molar-refractivity contribution in [2.24, 2.45) is 0 Å². The smallest absolute Gasteiger partial charge is 0.417 e. The second-order valence-corrected chi connectivity index (χ2v) is 3.60. The van der Waals surface area contributed by atoms with Gasteiger partial charge in [-0.1, -0.05) is 11.6 Å². The Labute approximate surface area is 93.7 Å². The predicted octanol–water partition coefficient (Wildman–Crippen LogP) is 3.18. The van der Waals surface area contributed by atoms with Crippen molar-refractivity contribution >= 4 is 28.9 Å². The maximum absolute atomic E-state index is 12.2. The lowest BCUT2D eigenvalue weighted by molar-refractivity contribution is -0.137. The summed E-state index contributed by atoms with van der Waals surface area (Å²) < 4.78 is 36.6. The summed E-state index contributed by atoms with van der Waals surface area (Å²) in [5, 5.41) is 8.23. The van der Waals surface area contributed by atoms with Gasteiger partial charge >= 0.3 is 6.18 Å². The summed E-state index contributed by atoms with van der Waals surface area (Å²) in [5.41, 5.74) is -0.808. The van der Waals surface area contributed by atoms with E-state index < -0.39 is 11.7 Å². The summed E-state index contributed by atoms with van der Waals surface area (Å²) in [5.74, 6) is 0. The third kappa shape index (κ3) is 3.32. The molecule has 0 aromatic carbocycles. The number of rotatable bonds is 2. The number of aliphatic hydroxyl groups excluding tert-OH is 1. The first-order valence-electron chi connectivity index (χ1n) is 3.74. The van der Waals surface area contributed by atoms with Crippen molar-refractivity contribution in [2.45, 2.75) is 12.6 Å². The molecule has 1 aromatic heterocycles. The number of aliphatic hydroxyl groups is 1. The Balaban J connectivity index is 3.03. The average Bonchev–Trinajstić information content (AvgIpc) is 2.05. The predicted molar refractivity (Wildman–Crippen MR) is 53.2 cm³/mol. The van der Waals surface area contributed by atoms with Crippen molar-refractivity contribution in [1.82, 2.24) is 4.98 Å². The van der Waals surface area contributed by atoms with Gasteiger partial charge in [-0.15, -0.1) is 0 Å². The number of hydrogen-bond donors (Lipinski definition) is 1. The molecule has 1 rings (SSSR count). The highest BCUT2D eigenvalue weighted by atomic mass is 35.5. The minimum absolute atomic E-state index is 0.122. The fourth-order valence-electron chi connectivity index (χ4n) is 0.895. The zero-order valence-electron chi connectivity index (χ0n) is 7.18. The zero-order valence-corrected chi connectivity index (χ0v) is 8.75. The Kier molecular flexibility index (Phi) is 3.51. The van der Waals surface area contributed by atoms with Crippen LogP contribution in [0.2, 0.25) is 5.02 Å². The van der Waals surface area contributed by atoms with Gasteiger partial charge in [-0.05, 0) is 18.3 Å². The summed E-state index contributed by atoms with van der Waals surface area (Å²) in [7, 11) is 0. The molecule has 0 bridgehead atoms. The summed E-state index contributed by atoms with van der Waals surface area (Å²) in [6, 6.07) is 0.752. The Morgan fingerprint density at radius 3 is 2.53 bits per heavy atom. The van der Waals surface area contributed by atoms with Gasteiger partial charge in [-0.3, -0.25) is 4.98 Å². The average molecular weight is 256 g/mol. The zero-order chi connectivity index (χ0) is 11.6. The van der Waals surface area contributed by atoms with E-state index in [9.17, 15) is 13.2 Å². The van der Waals surface area contributed by atoms with Crippen LogP contribution in [0, 0.1) is 0 Å². The van der Waals surface area contributed by atoms with E-state index in [-0.39, 0.29) is 22.2 Å². The first-order valence-corrected chi connectivity index (χ1v) is 4.52. The van der Waals surface area contributed by atoms with Gasteiger partial charge in [0.25, 0.3) is 0 Å². The van der Waals surface area contributed by atoms with Crippen molar-refractivity contribution in [3.05, 3.63) is 28.5 Å². The van der Waals surface area contributed by atoms with E-state index in [0.29, 0.717) is 6.20 Å². The van der Waals surface area contributed by atoms with Crippen LogP contribution in [0.25, 0.3) is 0 Å². The minimum atomic E-state index is -4.48. The molecule has 1 aromatic rings. The van der Waals surface area contributed by atoms with Crippen LogP contribution in [0.4, 0.5) is 13.2 Å². The number of pyridine rings is 1. The topological polar surface area (TPSA) is 33.1 Å². The van der Waals surface area contributed by atoms with Crippen LogP contribution in [0.5, 0.6) is 0 Å². The molecule has 0 saturated carbocycles. The standard InChI is InChI=1S/C8H5ClF3NOS/c9-5-1-4(8(10,11)12)3-13-6(5)2-7(14)15/h1,3H,2H2,(H,14,15). The molecule has 0 radical (unpaired) electrons. The minimum Gasteiger partial charge on any atom is -0.502 e. The third-order valence-electron chi connectivity index (χ3n) is 1.56. The van der Waals surface area contributed by atoms with Crippen molar-refractivity contribution in [3.8, 4) is 0 Å². The maximum Gasteiger partial charge on any atom is 0.417 e. The van der Waals surface area contributed by atoms with Crippen molar-refractivity contribution in [2.75, 3.05) is 0 Å². The molecule has 0 fully saturated rings. The molecule has 7 heteroatoms. The molecule has 1 N–H and O–H groups in total. The fourth-order valence-corrected chi connectivity index (χ4v) is 1.26. The van der Waals surface area contributed by atoms with Gasteiger partial charge in [0.2, 0.25) is 0 Å². The SMILES string of the molecule is OC(=S)Cc1ncc(C(F)(F)F)cc1Cl. The summed E-state index contributed by atoms with van der Waals surface area (Å²) in [6.07, 6.45) is -3.96. The van der Waals surface area contributed by atoms with Crippen molar-refractivity contribution in [1.29, 1.82) is 0 Å². The van der Waals surface area contributed by atoms with Crippen LogP contribution in [0.1, 0.15) is 11.3 Å². The van der Waals surface area contributed by atoms with Crippen LogP contribution in [0.15, 0.2) is 12.3 Å². The lowest BCUT2D eigenvalue weighted by Gasteiger charge is -2.08. The lowest BCUT2D eigenvalue weighted by Crippen LogP contribution is -2.08. The number of thiocarbonyl (C=S) groups is 1. The first kappa shape index (κ1) is 12.2. The van der Waals surface area contributed by atoms with Crippen molar-refractivity contribution < 1.29 is 18.3 Å². The van der Waals surface area contributed by atoms with Gasteiger partial charge in [-0.25, -0.2) is 0 Å². The second kappa shape index (κ2) is 4.32. The van der Waals surface area contributed by atoms with E-state index in [1.165, 1.54) is 0 Å². The van der Waals surface area contributed by atoms with Crippen LogP contribution in [-0.4, -0.2) is 15.1 Å². The first-order chi connectivity index (χ1) is 6.80. The Hall–Kier alpha value is -0.880. The second-order valence-electron chi connectivity index (χ2n) is 2.72. The molecule has 0 aliphatic rings. The van der Waals surface area contributed by atoms with Gasteiger partial charge in [0.1, 0.15) is 0 Å². The van der Waals surface area contributed by atoms with Crippen LogP contribution >= 0.6 is 23.8 Å². The summed E-state index contributed by atoms with van der Waals surface area (Å²) >= 11 is 9.92. The molecule has 0 atom stereocenters. The third-order valence-corrected chi connectivity index (χ3v) is 2.03. The molecule has 15 heavy (non-hydrogen) atoms. The Morgan fingerprint density at radius 1 is 1.53 bits per heavy atom. The van der Waals surface area contributed by atoms with E-state index in [4.69, 9.17) is 16.7 Å². The molecule has 82 valence electrons. The molecule has 0 aliphatic carbocycles. The maximum atomic E-state index is 12.2. The number of halogens is 4. The molecule has 0 amide bonds. The molecule has 1 heterocycles. The van der Waals surface area contributed by atoms with Crippen LogP contribution in [-0.2, 0) is 12.6 Å². The highest BCUT2D eigenvalue weighted by Gasteiger charge is 2.31.